The Morgan fingerprint density at radius 1 is 1.32 bits per heavy atom. The van der Waals surface area contributed by atoms with Crippen LogP contribution in [0, 0.1) is 11.3 Å². The molecule has 1 aliphatic heterocycles. The molecule has 0 radical (unpaired) electrons. The molecule has 0 bridgehead atoms. The molecular formula is C17H32N4O. The van der Waals surface area contributed by atoms with E-state index in [2.05, 4.69) is 34.4 Å². The summed E-state index contributed by atoms with van der Waals surface area (Å²) in [4.78, 5) is 18.4. The van der Waals surface area contributed by atoms with Crippen LogP contribution in [0.4, 0.5) is 0 Å². The van der Waals surface area contributed by atoms with E-state index in [1.54, 1.807) is 0 Å². The maximum atomic E-state index is 11.6. The van der Waals surface area contributed by atoms with E-state index in [-0.39, 0.29) is 11.8 Å². The number of hydrogen-bond donors (Lipinski definition) is 2. The van der Waals surface area contributed by atoms with E-state index >= 15 is 0 Å². The highest BCUT2D eigenvalue weighted by Crippen LogP contribution is 2.33. The zero-order valence-electron chi connectivity index (χ0n) is 14.5. The van der Waals surface area contributed by atoms with Gasteiger partial charge in [-0.25, -0.2) is 0 Å². The van der Waals surface area contributed by atoms with Gasteiger partial charge in [0.15, 0.2) is 5.96 Å². The van der Waals surface area contributed by atoms with Gasteiger partial charge in [-0.05, 0) is 37.5 Å². The molecule has 0 aromatic heterocycles. The summed E-state index contributed by atoms with van der Waals surface area (Å²) in [6.45, 7) is 8.23. The first-order valence-electron chi connectivity index (χ1n) is 8.81. The van der Waals surface area contributed by atoms with Crippen molar-refractivity contribution >= 4 is 11.9 Å². The fourth-order valence-corrected chi connectivity index (χ4v) is 3.49. The second-order valence-corrected chi connectivity index (χ2v) is 7.13. The highest BCUT2D eigenvalue weighted by molar-refractivity contribution is 5.81. The topological polar surface area (TPSA) is 56.7 Å². The summed E-state index contributed by atoms with van der Waals surface area (Å²) < 4.78 is 0. The SMILES string of the molecule is CCCC1(C)CCCN(C(=NC)NCCNC(=O)C2CC2)C1. The van der Waals surface area contributed by atoms with E-state index in [1.807, 2.05) is 7.05 Å². The van der Waals surface area contributed by atoms with Crippen LogP contribution in [-0.2, 0) is 4.79 Å². The minimum atomic E-state index is 0.213. The molecule has 2 aliphatic rings. The lowest BCUT2D eigenvalue weighted by Gasteiger charge is -2.42. The molecule has 0 aromatic rings. The van der Waals surface area contributed by atoms with Crippen molar-refractivity contribution in [2.45, 2.75) is 52.4 Å². The number of guanidine groups is 1. The third-order valence-corrected chi connectivity index (χ3v) is 4.80. The molecule has 1 heterocycles. The van der Waals surface area contributed by atoms with Gasteiger partial charge in [0, 0.05) is 39.1 Å². The average Bonchev–Trinajstić information content (AvgIpc) is 3.31. The lowest BCUT2D eigenvalue weighted by molar-refractivity contribution is -0.122. The zero-order chi connectivity index (χ0) is 16.0. The molecule has 22 heavy (non-hydrogen) atoms. The summed E-state index contributed by atoms with van der Waals surface area (Å²) in [7, 11) is 1.84. The van der Waals surface area contributed by atoms with Crippen molar-refractivity contribution in [3.63, 3.8) is 0 Å². The molecule has 0 aromatic carbocycles. The van der Waals surface area contributed by atoms with Crippen LogP contribution >= 0.6 is 0 Å². The van der Waals surface area contributed by atoms with Crippen LogP contribution < -0.4 is 10.6 Å². The highest BCUT2D eigenvalue weighted by atomic mass is 16.2. The molecule has 1 aliphatic carbocycles. The van der Waals surface area contributed by atoms with Gasteiger partial charge in [0.25, 0.3) is 0 Å². The van der Waals surface area contributed by atoms with E-state index in [0.717, 1.165) is 38.4 Å². The number of carbonyl (C=O) groups is 1. The van der Waals surface area contributed by atoms with Gasteiger partial charge in [0.05, 0.1) is 0 Å². The molecule has 126 valence electrons. The van der Waals surface area contributed by atoms with Crippen LogP contribution in [0.15, 0.2) is 4.99 Å². The summed E-state index contributed by atoms with van der Waals surface area (Å²) in [5.74, 6) is 1.48. The molecular weight excluding hydrogens is 276 g/mol. The number of likely N-dealkylation sites (tertiary alicyclic amines) is 1. The number of amides is 1. The van der Waals surface area contributed by atoms with Gasteiger partial charge in [-0.1, -0.05) is 20.3 Å². The summed E-state index contributed by atoms with van der Waals surface area (Å²) >= 11 is 0. The van der Waals surface area contributed by atoms with Crippen molar-refractivity contribution in [3.05, 3.63) is 0 Å². The molecule has 5 nitrogen and oxygen atoms in total. The van der Waals surface area contributed by atoms with Crippen molar-refractivity contribution < 1.29 is 4.79 Å². The Morgan fingerprint density at radius 3 is 2.68 bits per heavy atom. The third-order valence-electron chi connectivity index (χ3n) is 4.80. The van der Waals surface area contributed by atoms with Gasteiger partial charge in [-0.2, -0.15) is 0 Å². The van der Waals surface area contributed by atoms with E-state index in [9.17, 15) is 4.79 Å². The highest BCUT2D eigenvalue weighted by Gasteiger charge is 2.31. The number of nitrogens with zero attached hydrogens (tertiary/aromatic N) is 2. The monoisotopic (exact) mass is 308 g/mol. The first kappa shape index (κ1) is 17.1. The minimum Gasteiger partial charge on any atom is -0.354 e. The Bertz CT molecular complexity index is 401. The minimum absolute atomic E-state index is 0.213. The van der Waals surface area contributed by atoms with Crippen LogP contribution in [0.1, 0.15) is 52.4 Å². The second kappa shape index (κ2) is 7.84. The molecule has 2 N–H and O–H groups in total. The van der Waals surface area contributed by atoms with E-state index in [4.69, 9.17) is 0 Å². The number of hydrogen-bond acceptors (Lipinski definition) is 2. The molecule has 2 fully saturated rings. The van der Waals surface area contributed by atoms with Gasteiger partial charge in [-0.3, -0.25) is 9.79 Å². The molecule has 2 rings (SSSR count). The molecule has 1 saturated heterocycles. The van der Waals surface area contributed by atoms with Crippen molar-refractivity contribution in [2.24, 2.45) is 16.3 Å². The fraction of sp³-hybridized carbons (Fsp3) is 0.882. The predicted octanol–water partition coefficient (Wildman–Crippen LogP) is 1.99. The quantitative estimate of drug-likeness (QED) is 0.448. The Hall–Kier alpha value is -1.26. The Balaban J connectivity index is 1.74. The normalized spacial score (nSPS) is 26.0. The second-order valence-electron chi connectivity index (χ2n) is 7.13. The van der Waals surface area contributed by atoms with Crippen LogP contribution in [0.3, 0.4) is 0 Å². The van der Waals surface area contributed by atoms with Gasteiger partial charge in [0.2, 0.25) is 5.91 Å². The fourth-order valence-electron chi connectivity index (χ4n) is 3.49. The first-order valence-corrected chi connectivity index (χ1v) is 8.81. The number of rotatable bonds is 6. The third kappa shape index (κ3) is 4.89. The van der Waals surface area contributed by atoms with E-state index < -0.39 is 0 Å². The largest absolute Gasteiger partial charge is 0.354 e. The molecule has 1 unspecified atom stereocenters. The average molecular weight is 308 g/mol. The summed E-state index contributed by atoms with van der Waals surface area (Å²) in [6.07, 6.45) is 7.18. The van der Waals surface area contributed by atoms with Crippen molar-refractivity contribution in [3.8, 4) is 0 Å². The molecule has 5 heteroatoms. The van der Waals surface area contributed by atoms with Crippen molar-refractivity contribution in [2.75, 3.05) is 33.2 Å². The van der Waals surface area contributed by atoms with E-state index in [0.29, 0.717) is 12.0 Å². The number of nitrogens with one attached hydrogen (secondary N) is 2. The van der Waals surface area contributed by atoms with Gasteiger partial charge >= 0.3 is 0 Å². The standard InChI is InChI=1S/C17H32N4O/c1-4-8-17(2)9-5-12-21(13-17)16(18-3)20-11-10-19-15(22)14-6-7-14/h14H,4-13H2,1-3H3,(H,18,20)(H,19,22). The summed E-state index contributed by atoms with van der Waals surface area (Å²) in [5, 5.41) is 6.38. The molecule has 1 amide bonds. The number of aliphatic imine (C=N–C) groups is 1. The summed E-state index contributed by atoms with van der Waals surface area (Å²) in [6, 6.07) is 0. The lowest BCUT2D eigenvalue weighted by atomic mass is 9.78. The van der Waals surface area contributed by atoms with Gasteiger partial charge < -0.3 is 15.5 Å². The van der Waals surface area contributed by atoms with Gasteiger partial charge in [0.1, 0.15) is 0 Å². The molecule has 1 atom stereocenters. The smallest absolute Gasteiger partial charge is 0.223 e. The van der Waals surface area contributed by atoms with Crippen LogP contribution in [0.5, 0.6) is 0 Å². The Labute approximate surface area is 134 Å². The Morgan fingerprint density at radius 2 is 2.05 bits per heavy atom. The van der Waals surface area contributed by atoms with Crippen LogP contribution in [0.25, 0.3) is 0 Å². The van der Waals surface area contributed by atoms with E-state index in [1.165, 1.54) is 25.7 Å². The Kier molecular flexibility index (Phi) is 6.09. The van der Waals surface area contributed by atoms with Gasteiger partial charge in [-0.15, -0.1) is 0 Å². The number of carbonyl (C=O) groups excluding carboxylic acids is 1. The summed E-state index contributed by atoms with van der Waals surface area (Å²) in [5.41, 5.74) is 0.408. The maximum absolute atomic E-state index is 11.6. The number of piperidine rings is 1. The van der Waals surface area contributed by atoms with Crippen molar-refractivity contribution in [1.82, 2.24) is 15.5 Å². The van der Waals surface area contributed by atoms with Crippen molar-refractivity contribution in [1.29, 1.82) is 0 Å². The predicted molar refractivity (Wildman–Crippen MR) is 90.9 cm³/mol. The van der Waals surface area contributed by atoms with Crippen LogP contribution in [-0.4, -0.2) is 50.0 Å². The zero-order valence-corrected chi connectivity index (χ0v) is 14.5. The maximum Gasteiger partial charge on any atom is 0.223 e. The molecule has 1 saturated carbocycles. The molecule has 0 spiro atoms. The van der Waals surface area contributed by atoms with Crippen LogP contribution in [0.2, 0.25) is 0 Å². The first-order chi connectivity index (χ1) is 10.6. The lowest BCUT2D eigenvalue weighted by Crippen LogP contribution is -2.50.